The second kappa shape index (κ2) is 10.4. The van der Waals surface area contributed by atoms with Gasteiger partial charge in [0.25, 0.3) is 10.2 Å². The minimum atomic E-state index is -3.82. The predicted octanol–water partition coefficient (Wildman–Crippen LogP) is 2.76. The van der Waals surface area contributed by atoms with E-state index in [1.807, 2.05) is 12.1 Å². The van der Waals surface area contributed by atoms with Gasteiger partial charge < -0.3 is 19.5 Å². The van der Waals surface area contributed by atoms with E-state index in [4.69, 9.17) is 25.8 Å². The molecule has 1 aliphatic heterocycles. The van der Waals surface area contributed by atoms with Crippen LogP contribution in [0.1, 0.15) is 12.0 Å². The third kappa shape index (κ3) is 5.44. The lowest BCUT2D eigenvalue weighted by Gasteiger charge is -2.34. The first-order chi connectivity index (χ1) is 15.3. The van der Waals surface area contributed by atoms with E-state index < -0.39 is 16.1 Å². The summed E-state index contributed by atoms with van der Waals surface area (Å²) in [7, 11) is 0.659. The first kappa shape index (κ1) is 24.1. The maximum atomic E-state index is 13.1. The standard InChI is InChI=1S/C21H26ClN3O6S/c1-29-16-7-4-6-15(10-16)13-24-8-5-9-25(32(24,27)28)14-21(26)23-18-11-17(22)19(30-2)12-20(18)31-3/h4,6-7,10-12H,5,8-9,13-14H2,1-3H3,(H,23,26). The van der Waals surface area contributed by atoms with Crippen LogP contribution < -0.4 is 19.5 Å². The van der Waals surface area contributed by atoms with Gasteiger partial charge in [-0.15, -0.1) is 0 Å². The van der Waals surface area contributed by atoms with Crippen molar-refractivity contribution in [1.29, 1.82) is 0 Å². The molecule has 2 aromatic carbocycles. The Morgan fingerprint density at radius 3 is 2.44 bits per heavy atom. The lowest BCUT2D eigenvalue weighted by Crippen LogP contribution is -2.51. The average molecular weight is 484 g/mol. The molecule has 0 atom stereocenters. The molecule has 0 aliphatic carbocycles. The first-order valence-corrected chi connectivity index (χ1v) is 11.7. The van der Waals surface area contributed by atoms with Crippen molar-refractivity contribution in [3.8, 4) is 17.2 Å². The summed E-state index contributed by atoms with van der Waals surface area (Å²) >= 11 is 6.14. The monoisotopic (exact) mass is 483 g/mol. The van der Waals surface area contributed by atoms with Crippen molar-refractivity contribution in [2.24, 2.45) is 0 Å². The van der Waals surface area contributed by atoms with Crippen LogP contribution in [0.15, 0.2) is 36.4 Å². The smallest absolute Gasteiger partial charge is 0.282 e. The Kier molecular flexibility index (Phi) is 7.83. The molecule has 0 unspecified atom stereocenters. The van der Waals surface area contributed by atoms with Crippen LogP contribution in [-0.4, -0.2) is 63.9 Å². The molecular weight excluding hydrogens is 458 g/mol. The molecule has 174 valence electrons. The van der Waals surface area contributed by atoms with E-state index in [2.05, 4.69) is 5.32 Å². The molecule has 0 spiro atoms. The Morgan fingerprint density at radius 1 is 1.03 bits per heavy atom. The fourth-order valence-electron chi connectivity index (χ4n) is 3.42. The van der Waals surface area contributed by atoms with E-state index in [1.54, 1.807) is 25.3 Å². The molecule has 3 rings (SSSR count). The number of hydrogen-bond acceptors (Lipinski definition) is 6. The molecule has 1 aliphatic rings. The Morgan fingerprint density at radius 2 is 1.75 bits per heavy atom. The van der Waals surface area contributed by atoms with Gasteiger partial charge in [-0.3, -0.25) is 4.79 Å². The van der Waals surface area contributed by atoms with Crippen LogP contribution >= 0.6 is 11.6 Å². The highest BCUT2D eigenvalue weighted by molar-refractivity contribution is 7.86. The van der Waals surface area contributed by atoms with Gasteiger partial charge in [-0.2, -0.15) is 17.0 Å². The van der Waals surface area contributed by atoms with E-state index >= 15 is 0 Å². The maximum absolute atomic E-state index is 13.1. The number of amides is 1. The number of halogens is 1. The van der Waals surface area contributed by atoms with Crippen molar-refractivity contribution >= 4 is 33.4 Å². The third-order valence-corrected chi connectivity index (χ3v) is 7.25. The summed E-state index contributed by atoms with van der Waals surface area (Å²) in [5.41, 5.74) is 1.13. The van der Waals surface area contributed by atoms with Gasteiger partial charge in [0, 0.05) is 25.7 Å². The number of carbonyl (C=O) groups is 1. The van der Waals surface area contributed by atoms with Gasteiger partial charge in [0.1, 0.15) is 17.2 Å². The lowest BCUT2D eigenvalue weighted by molar-refractivity contribution is -0.116. The molecule has 1 N–H and O–H groups in total. The summed E-state index contributed by atoms with van der Waals surface area (Å²) < 4.78 is 44.4. The van der Waals surface area contributed by atoms with Crippen LogP contribution in [0.5, 0.6) is 17.2 Å². The zero-order chi connectivity index (χ0) is 23.3. The minimum Gasteiger partial charge on any atom is -0.497 e. The largest absolute Gasteiger partial charge is 0.497 e. The summed E-state index contributed by atoms with van der Waals surface area (Å²) in [6, 6.07) is 10.3. The Labute approximate surface area is 193 Å². The van der Waals surface area contributed by atoms with Gasteiger partial charge >= 0.3 is 0 Å². The zero-order valence-corrected chi connectivity index (χ0v) is 19.7. The Balaban J connectivity index is 1.71. The summed E-state index contributed by atoms with van der Waals surface area (Å²) in [5, 5.41) is 2.96. The molecule has 1 amide bonds. The van der Waals surface area contributed by atoms with Gasteiger partial charge in [-0.05, 0) is 30.2 Å². The van der Waals surface area contributed by atoms with Crippen LogP contribution in [0.4, 0.5) is 5.69 Å². The van der Waals surface area contributed by atoms with E-state index in [1.165, 1.54) is 28.9 Å². The number of methoxy groups -OCH3 is 3. The summed E-state index contributed by atoms with van der Waals surface area (Å²) in [5.74, 6) is 0.894. The highest BCUT2D eigenvalue weighted by Gasteiger charge is 2.34. The average Bonchev–Trinajstić information content (AvgIpc) is 2.77. The number of anilines is 1. The Hall–Kier alpha value is -2.53. The maximum Gasteiger partial charge on any atom is 0.282 e. The van der Waals surface area contributed by atoms with Crippen LogP contribution in [0.25, 0.3) is 0 Å². The zero-order valence-electron chi connectivity index (χ0n) is 18.1. The van der Waals surface area contributed by atoms with Crippen molar-refractivity contribution in [3.63, 3.8) is 0 Å². The minimum absolute atomic E-state index is 0.194. The number of ether oxygens (including phenoxy) is 3. The summed E-state index contributed by atoms with van der Waals surface area (Å²) in [4.78, 5) is 12.7. The van der Waals surface area contributed by atoms with Crippen molar-refractivity contribution in [2.75, 3.05) is 46.3 Å². The number of hydrogen-bond donors (Lipinski definition) is 1. The van der Waals surface area contributed by atoms with Gasteiger partial charge in [0.05, 0.1) is 38.6 Å². The number of benzene rings is 2. The topological polar surface area (TPSA) is 97.4 Å². The molecule has 0 saturated carbocycles. The molecule has 2 aromatic rings. The summed E-state index contributed by atoms with van der Waals surface area (Å²) in [6.07, 6.45) is 0.605. The molecule has 1 saturated heterocycles. The van der Waals surface area contributed by atoms with E-state index in [-0.39, 0.29) is 19.6 Å². The van der Waals surface area contributed by atoms with Crippen molar-refractivity contribution in [2.45, 2.75) is 13.0 Å². The molecule has 1 heterocycles. The van der Waals surface area contributed by atoms with E-state index in [0.29, 0.717) is 40.9 Å². The fourth-order valence-corrected chi connectivity index (χ4v) is 5.30. The number of rotatable bonds is 8. The second-order valence-electron chi connectivity index (χ2n) is 7.12. The molecule has 0 aromatic heterocycles. The normalized spacial score (nSPS) is 16.4. The molecule has 11 heteroatoms. The highest BCUT2D eigenvalue weighted by atomic mass is 35.5. The number of nitrogens with zero attached hydrogens (tertiary/aromatic N) is 2. The van der Waals surface area contributed by atoms with Gasteiger partial charge in [-0.25, -0.2) is 0 Å². The van der Waals surface area contributed by atoms with Crippen LogP contribution in [-0.2, 0) is 21.5 Å². The van der Waals surface area contributed by atoms with Crippen molar-refractivity contribution < 1.29 is 27.4 Å². The number of carbonyl (C=O) groups excluding carboxylic acids is 1. The third-order valence-electron chi connectivity index (χ3n) is 5.03. The second-order valence-corrected chi connectivity index (χ2v) is 9.45. The highest BCUT2D eigenvalue weighted by Crippen LogP contribution is 2.36. The van der Waals surface area contributed by atoms with Crippen LogP contribution in [0.2, 0.25) is 5.02 Å². The Bertz CT molecular complexity index is 1080. The lowest BCUT2D eigenvalue weighted by atomic mass is 10.2. The SMILES string of the molecule is COc1cccc(CN2CCCN(CC(=O)Nc3cc(Cl)c(OC)cc3OC)S2(=O)=O)c1. The van der Waals surface area contributed by atoms with E-state index in [9.17, 15) is 13.2 Å². The predicted molar refractivity (Wildman–Crippen MR) is 122 cm³/mol. The van der Waals surface area contributed by atoms with Crippen molar-refractivity contribution in [3.05, 3.63) is 47.0 Å². The molecule has 32 heavy (non-hydrogen) atoms. The van der Waals surface area contributed by atoms with Gasteiger partial charge in [-0.1, -0.05) is 23.7 Å². The molecule has 1 fully saturated rings. The van der Waals surface area contributed by atoms with Gasteiger partial charge in [0.15, 0.2) is 0 Å². The fraction of sp³-hybridized carbons (Fsp3) is 0.381. The van der Waals surface area contributed by atoms with E-state index in [0.717, 1.165) is 5.56 Å². The number of nitrogens with one attached hydrogen (secondary N) is 1. The summed E-state index contributed by atoms with van der Waals surface area (Å²) in [6.45, 7) is 0.494. The van der Waals surface area contributed by atoms with Crippen LogP contribution in [0, 0.1) is 0 Å². The molecule has 0 radical (unpaired) electrons. The van der Waals surface area contributed by atoms with Crippen molar-refractivity contribution in [1.82, 2.24) is 8.61 Å². The molecular formula is C21H26ClN3O6S. The van der Waals surface area contributed by atoms with Crippen LogP contribution in [0.3, 0.4) is 0 Å². The molecule has 9 nitrogen and oxygen atoms in total. The first-order valence-electron chi connectivity index (χ1n) is 9.88. The quantitative estimate of drug-likeness (QED) is 0.620. The molecule has 0 bridgehead atoms. The van der Waals surface area contributed by atoms with Gasteiger partial charge in [0.2, 0.25) is 5.91 Å².